The monoisotopic (exact) mass is 310 g/mol. The van der Waals surface area contributed by atoms with Crippen molar-refractivity contribution >= 4 is 34.6 Å². The molecule has 2 heterocycles. The number of aryl methyl sites for hydroxylation is 1. The van der Waals surface area contributed by atoms with Crippen LogP contribution >= 0.6 is 22.7 Å². The SMILES string of the molecule is Cc1nc(-c2cccs2)sc1C(=O)N(C)CCC(=O)O. The van der Waals surface area contributed by atoms with Crippen LogP contribution in [0.4, 0.5) is 0 Å². The van der Waals surface area contributed by atoms with E-state index in [1.165, 1.54) is 16.2 Å². The molecule has 5 nitrogen and oxygen atoms in total. The van der Waals surface area contributed by atoms with Gasteiger partial charge in [0, 0.05) is 13.6 Å². The summed E-state index contributed by atoms with van der Waals surface area (Å²) in [6, 6.07) is 3.91. The van der Waals surface area contributed by atoms with Crippen molar-refractivity contribution in [2.45, 2.75) is 13.3 Å². The molecule has 0 aliphatic rings. The predicted octanol–water partition coefficient (Wildman–Crippen LogP) is 2.73. The minimum Gasteiger partial charge on any atom is -0.481 e. The molecule has 0 aromatic carbocycles. The van der Waals surface area contributed by atoms with Crippen LogP contribution in [0, 0.1) is 6.92 Å². The van der Waals surface area contributed by atoms with E-state index in [9.17, 15) is 9.59 Å². The topological polar surface area (TPSA) is 70.5 Å². The van der Waals surface area contributed by atoms with Gasteiger partial charge >= 0.3 is 5.97 Å². The van der Waals surface area contributed by atoms with E-state index in [-0.39, 0.29) is 18.9 Å². The Morgan fingerprint density at radius 2 is 2.20 bits per heavy atom. The molecule has 2 aromatic heterocycles. The fourth-order valence-corrected chi connectivity index (χ4v) is 3.50. The van der Waals surface area contributed by atoms with Crippen molar-refractivity contribution in [2.75, 3.05) is 13.6 Å². The molecular weight excluding hydrogens is 296 g/mol. The number of hydrogen-bond donors (Lipinski definition) is 1. The first-order chi connectivity index (χ1) is 9.49. The highest BCUT2D eigenvalue weighted by Gasteiger charge is 2.20. The molecule has 2 aromatic rings. The predicted molar refractivity (Wildman–Crippen MR) is 79.4 cm³/mol. The average molecular weight is 310 g/mol. The molecule has 20 heavy (non-hydrogen) atoms. The van der Waals surface area contributed by atoms with E-state index in [4.69, 9.17) is 5.11 Å². The second-order valence-corrected chi connectivity index (χ2v) is 6.23. The number of carbonyl (C=O) groups excluding carboxylic acids is 1. The molecule has 0 saturated heterocycles. The summed E-state index contributed by atoms with van der Waals surface area (Å²) in [7, 11) is 1.61. The highest BCUT2D eigenvalue weighted by Crippen LogP contribution is 2.31. The van der Waals surface area contributed by atoms with Crippen LogP contribution in [0.25, 0.3) is 9.88 Å². The zero-order chi connectivity index (χ0) is 14.7. The van der Waals surface area contributed by atoms with Crippen LogP contribution in [0.1, 0.15) is 21.8 Å². The molecule has 0 saturated carbocycles. The summed E-state index contributed by atoms with van der Waals surface area (Å²) >= 11 is 2.93. The number of hydrogen-bond acceptors (Lipinski definition) is 5. The van der Waals surface area contributed by atoms with Crippen molar-refractivity contribution in [3.05, 3.63) is 28.1 Å². The van der Waals surface area contributed by atoms with Gasteiger partial charge in [0.2, 0.25) is 0 Å². The number of thiophene rings is 1. The first kappa shape index (κ1) is 14.7. The van der Waals surface area contributed by atoms with E-state index in [0.29, 0.717) is 10.6 Å². The first-order valence-corrected chi connectivity index (χ1v) is 7.67. The van der Waals surface area contributed by atoms with Crippen molar-refractivity contribution in [3.8, 4) is 9.88 Å². The number of aliphatic carboxylic acids is 1. The van der Waals surface area contributed by atoms with Gasteiger partial charge in [-0.15, -0.1) is 22.7 Å². The molecule has 0 atom stereocenters. The molecular formula is C13H14N2O3S2. The number of carboxylic acid groups (broad SMARTS) is 1. The molecule has 2 rings (SSSR count). The van der Waals surface area contributed by atoms with Crippen LogP contribution < -0.4 is 0 Å². The Labute approximate surface area is 124 Å². The van der Waals surface area contributed by atoms with Gasteiger partial charge in [0.05, 0.1) is 17.0 Å². The lowest BCUT2D eigenvalue weighted by molar-refractivity contribution is -0.137. The van der Waals surface area contributed by atoms with Gasteiger partial charge in [-0.25, -0.2) is 4.98 Å². The van der Waals surface area contributed by atoms with Crippen LogP contribution in [-0.2, 0) is 4.79 Å². The summed E-state index contributed by atoms with van der Waals surface area (Å²) in [6.45, 7) is 1.99. The smallest absolute Gasteiger partial charge is 0.305 e. The minimum absolute atomic E-state index is 0.0577. The van der Waals surface area contributed by atoms with Gasteiger partial charge in [0.25, 0.3) is 5.91 Å². The van der Waals surface area contributed by atoms with Gasteiger partial charge in [-0.05, 0) is 18.4 Å². The highest BCUT2D eigenvalue weighted by atomic mass is 32.1. The molecule has 1 N–H and O–H groups in total. The lowest BCUT2D eigenvalue weighted by Crippen LogP contribution is -2.28. The Morgan fingerprint density at radius 1 is 1.45 bits per heavy atom. The van der Waals surface area contributed by atoms with Crippen molar-refractivity contribution in [2.24, 2.45) is 0 Å². The van der Waals surface area contributed by atoms with Gasteiger partial charge in [0.15, 0.2) is 0 Å². The standard InChI is InChI=1S/C13H14N2O3S2/c1-8-11(13(18)15(2)6-5-10(16)17)20-12(14-8)9-4-3-7-19-9/h3-4,7H,5-6H2,1-2H3,(H,16,17). The Kier molecular flexibility index (Phi) is 4.51. The van der Waals surface area contributed by atoms with Gasteiger partial charge in [-0.1, -0.05) is 6.07 Å². The quantitative estimate of drug-likeness (QED) is 0.922. The molecule has 7 heteroatoms. The Balaban J connectivity index is 2.16. The molecule has 0 aliphatic heterocycles. The number of rotatable bonds is 5. The summed E-state index contributed by atoms with van der Waals surface area (Å²) in [4.78, 5) is 30.3. The number of carboxylic acids is 1. The van der Waals surface area contributed by atoms with Crippen molar-refractivity contribution in [1.82, 2.24) is 9.88 Å². The Bertz CT molecular complexity index is 620. The van der Waals surface area contributed by atoms with Crippen molar-refractivity contribution < 1.29 is 14.7 Å². The molecule has 0 fully saturated rings. The molecule has 106 valence electrons. The molecule has 0 radical (unpaired) electrons. The zero-order valence-corrected chi connectivity index (χ0v) is 12.8. The van der Waals surface area contributed by atoms with E-state index in [2.05, 4.69) is 4.98 Å². The number of aromatic nitrogens is 1. The lowest BCUT2D eigenvalue weighted by atomic mass is 10.3. The van der Waals surface area contributed by atoms with E-state index in [1.807, 2.05) is 17.5 Å². The van der Waals surface area contributed by atoms with Gasteiger partial charge in [0.1, 0.15) is 9.88 Å². The summed E-state index contributed by atoms with van der Waals surface area (Å²) in [5, 5.41) is 11.4. The maximum absolute atomic E-state index is 12.3. The van der Waals surface area contributed by atoms with Crippen LogP contribution in [0.2, 0.25) is 0 Å². The average Bonchev–Trinajstić information content (AvgIpc) is 3.03. The first-order valence-electron chi connectivity index (χ1n) is 5.97. The number of thiazole rings is 1. The fourth-order valence-electron chi connectivity index (χ4n) is 1.64. The van der Waals surface area contributed by atoms with Crippen LogP contribution in [-0.4, -0.2) is 40.5 Å². The Morgan fingerprint density at radius 3 is 2.80 bits per heavy atom. The normalized spacial score (nSPS) is 10.5. The minimum atomic E-state index is -0.912. The van der Waals surface area contributed by atoms with Crippen molar-refractivity contribution in [3.63, 3.8) is 0 Å². The zero-order valence-electron chi connectivity index (χ0n) is 11.1. The summed E-state index contributed by atoms with van der Waals surface area (Å²) in [6.07, 6.45) is -0.0577. The second-order valence-electron chi connectivity index (χ2n) is 4.28. The second kappa shape index (κ2) is 6.15. The number of amides is 1. The third-order valence-electron chi connectivity index (χ3n) is 2.73. The number of nitrogens with zero attached hydrogens (tertiary/aromatic N) is 2. The van der Waals surface area contributed by atoms with E-state index in [1.54, 1.807) is 25.3 Å². The van der Waals surface area contributed by atoms with E-state index < -0.39 is 5.97 Å². The van der Waals surface area contributed by atoms with Gasteiger partial charge in [-0.3, -0.25) is 9.59 Å². The summed E-state index contributed by atoms with van der Waals surface area (Å²) in [5.74, 6) is -1.09. The van der Waals surface area contributed by atoms with Crippen LogP contribution in [0.15, 0.2) is 17.5 Å². The molecule has 0 spiro atoms. The van der Waals surface area contributed by atoms with Crippen LogP contribution in [0.3, 0.4) is 0 Å². The maximum atomic E-state index is 12.3. The highest BCUT2D eigenvalue weighted by molar-refractivity contribution is 7.22. The molecule has 0 aliphatic carbocycles. The molecule has 1 amide bonds. The Hall–Kier alpha value is -1.73. The largest absolute Gasteiger partial charge is 0.481 e. The van der Waals surface area contributed by atoms with E-state index >= 15 is 0 Å². The third-order valence-corrected chi connectivity index (χ3v) is 4.92. The molecule has 0 unspecified atom stereocenters. The molecule has 0 bridgehead atoms. The van der Waals surface area contributed by atoms with E-state index in [0.717, 1.165) is 9.88 Å². The van der Waals surface area contributed by atoms with Gasteiger partial charge in [-0.2, -0.15) is 0 Å². The van der Waals surface area contributed by atoms with Crippen molar-refractivity contribution in [1.29, 1.82) is 0 Å². The lowest BCUT2D eigenvalue weighted by Gasteiger charge is -2.14. The third kappa shape index (κ3) is 3.23. The fraction of sp³-hybridized carbons (Fsp3) is 0.308. The van der Waals surface area contributed by atoms with Crippen LogP contribution in [0.5, 0.6) is 0 Å². The number of carbonyl (C=O) groups is 2. The van der Waals surface area contributed by atoms with Gasteiger partial charge < -0.3 is 10.0 Å². The summed E-state index contributed by atoms with van der Waals surface area (Å²) < 4.78 is 0. The maximum Gasteiger partial charge on any atom is 0.305 e. The summed E-state index contributed by atoms with van der Waals surface area (Å²) in [5.41, 5.74) is 0.686.